The van der Waals surface area contributed by atoms with Gasteiger partial charge < -0.3 is 14.4 Å². The number of morpholine rings is 1. The summed E-state index contributed by atoms with van der Waals surface area (Å²) in [6.07, 6.45) is 0. The van der Waals surface area contributed by atoms with Crippen molar-refractivity contribution in [3.8, 4) is 0 Å². The highest BCUT2D eigenvalue weighted by Crippen LogP contribution is 2.14. The van der Waals surface area contributed by atoms with E-state index in [-0.39, 0.29) is 18.7 Å². The van der Waals surface area contributed by atoms with Crippen molar-refractivity contribution in [3.05, 3.63) is 35.6 Å². The molecule has 1 aromatic carbocycles. The van der Waals surface area contributed by atoms with Gasteiger partial charge in [0, 0.05) is 12.1 Å². The van der Waals surface area contributed by atoms with Crippen molar-refractivity contribution < 1.29 is 23.5 Å². The van der Waals surface area contributed by atoms with E-state index in [9.17, 15) is 14.0 Å². The van der Waals surface area contributed by atoms with Crippen LogP contribution in [-0.2, 0) is 14.3 Å². The van der Waals surface area contributed by atoms with Crippen molar-refractivity contribution in [1.29, 1.82) is 0 Å². The first kappa shape index (κ1) is 13.5. The van der Waals surface area contributed by atoms with Crippen LogP contribution in [0, 0.1) is 5.82 Å². The Morgan fingerprint density at radius 2 is 2.26 bits per heavy atom. The number of benzene rings is 1. The molecule has 0 saturated carbocycles. The van der Waals surface area contributed by atoms with Crippen LogP contribution in [0.25, 0.3) is 0 Å². The molecule has 6 heteroatoms. The second-order valence-corrected chi connectivity index (χ2v) is 4.12. The highest BCUT2D eigenvalue weighted by molar-refractivity contribution is 5.97. The van der Waals surface area contributed by atoms with E-state index in [0.717, 1.165) is 6.07 Å². The van der Waals surface area contributed by atoms with Crippen LogP contribution in [0.4, 0.5) is 4.39 Å². The van der Waals surface area contributed by atoms with Crippen LogP contribution in [0.2, 0.25) is 0 Å². The molecule has 0 N–H and O–H groups in total. The third kappa shape index (κ3) is 2.90. The molecule has 102 valence electrons. The van der Waals surface area contributed by atoms with E-state index in [1.165, 1.54) is 30.2 Å². The minimum Gasteiger partial charge on any atom is -0.467 e. The minimum absolute atomic E-state index is 0.0910. The monoisotopic (exact) mass is 267 g/mol. The molecule has 1 atom stereocenters. The molecule has 0 aromatic heterocycles. The number of halogens is 1. The fourth-order valence-corrected chi connectivity index (χ4v) is 1.97. The van der Waals surface area contributed by atoms with Crippen molar-refractivity contribution in [3.63, 3.8) is 0 Å². The SMILES string of the molecule is COC(=O)C1COCCN1C(=O)c1cccc(F)c1. The average molecular weight is 267 g/mol. The molecule has 1 aliphatic rings. The first-order chi connectivity index (χ1) is 9.13. The zero-order valence-corrected chi connectivity index (χ0v) is 10.5. The smallest absolute Gasteiger partial charge is 0.331 e. The summed E-state index contributed by atoms with van der Waals surface area (Å²) in [5.41, 5.74) is 0.204. The maximum absolute atomic E-state index is 13.1. The largest absolute Gasteiger partial charge is 0.467 e. The van der Waals surface area contributed by atoms with Gasteiger partial charge in [0.2, 0.25) is 0 Å². The summed E-state index contributed by atoms with van der Waals surface area (Å²) < 4.78 is 22.9. The van der Waals surface area contributed by atoms with Crippen LogP contribution in [0.3, 0.4) is 0 Å². The molecule has 2 rings (SSSR count). The normalized spacial score (nSPS) is 19.1. The molecule has 0 aliphatic carbocycles. The molecule has 0 spiro atoms. The van der Waals surface area contributed by atoms with Crippen LogP contribution < -0.4 is 0 Å². The molecule has 19 heavy (non-hydrogen) atoms. The molecular formula is C13H14FNO4. The second-order valence-electron chi connectivity index (χ2n) is 4.12. The third-order valence-corrected chi connectivity index (χ3v) is 2.93. The number of amides is 1. The summed E-state index contributed by atoms with van der Waals surface area (Å²) in [5, 5.41) is 0. The third-order valence-electron chi connectivity index (χ3n) is 2.93. The molecule has 1 amide bonds. The van der Waals surface area contributed by atoms with Gasteiger partial charge in [0.05, 0.1) is 20.3 Å². The number of ether oxygens (including phenoxy) is 2. The van der Waals surface area contributed by atoms with Gasteiger partial charge in [-0.3, -0.25) is 4.79 Å². The lowest BCUT2D eigenvalue weighted by Gasteiger charge is -2.33. The van der Waals surface area contributed by atoms with Gasteiger partial charge in [0.25, 0.3) is 5.91 Å². The number of rotatable bonds is 2. The van der Waals surface area contributed by atoms with Gasteiger partial charge in [-0.1, -0.05) is 6.07 Å². The summed E-state index contributed by atoms with van der Waals surface area (Å²) in [7, 11) is 1.25. The fourth-order valence-electron chi connectivity index (χ4n) is 1.97. The molecule has 5 nitrogen and oxygen atoms in total. The number of nitrogens with zero attached hydrogens (tertiary/aromatic N) is 1. The number of carbonyl (C=O) groups excluding carboxylic acids is 2. The van der Waals surface area contributed by atoms with Gasteiger partial charge in [0.15, 0.2) is 6.04 Å². The summed E-state index contributed by atoms with van der Waals surface area (Å²) in [6.45, 7) is 0.706. The lowest BCUT2D eigenvalue weighted by molar-refractivity contribution is -0.151. The predicted molar refractivity (Wildman–Crippen MR) is 64.1 cm³/mol. The predicted octanol–water partition coefficient (Wildman–Crippen LogP) is 0.840. The van der Waals surface area contributed by atoms with E-state index < -0.39 is 23.7 Å². The lowest BCUT2D eigenvalue weighted by atomic mass is 10.1. The van der Waals surface area contributed by atoms with Gasteiger partial charge >= 0.3 is 5.97 Å². The van der Waals surface area contributed by atoms with Gasteiger partial charge in [-0.2, -0.15) is 0 Å². The number of hydrogen-bond acceptors (Lipinski definition) is 4. The topological polar surface area (TPSA) is 55.8 Å². The second kappa shape index (κ2) is 5.79. The van der Waals surface area contributed by atoms with E-state index >= 15 is 0 Å². The summed E-state index contributed by atoms with van der Waals surface area (Å²) >= 11 is 0. The molecule has 1 unspecified atom stereocenters. The number of carbonyl (C=O) groups is 2. The maximum atomic E-state index is 13.1. The molecule has 1 aromatic rings. The minimum atomic E-state index is -0.783. The van der Waals surface area contributed by atoms with Crippen molar-refractivity contribution in [1.82, 2.24) is 4.90 Å². The molecule has 0 radical (unpaired) electrons. The Hall–Kier alpha value is -1.95. The fraction of sp³-hybridized carbons (Fsp3) is 0.385. The van der Waals surface area contributed by atoms with E-state index in [2.05, 4.69) is 4.74 Å². The summed E-state index contributed by atoms with van der Waals surface area (Å²) in [5.74, 6) is -1.43. The number of methoxy groups -OCH3 is 1. The van der Waals surface area contributed by atoms with Crippen molar-refractivity contribution >= 4 is 11.9 Å². The van der Waals surface area contributed by atoms with Crippen molar-refractivity contribution in [2.75, 3.05) is 26.9 Å². The van der Waals surface area contributed by atoms with Crippen LogP contribution >= 0.6 is 0 Å². The maximum Gasteiger partial charge on any atom is 0.331 e. The highest BCUT2D eigenvalue weighted by Gasteiger charge is 2.34. The molecular weight excluding hydrogens is 253 g/mol. The van der Waals surface area contributed by atoms with Gasteiger partial charge in [-0.25, -0.2) is 9.18 Å². The van der Waals surface area contributed by atoms with Crippen LogP contribution in [0.15, 0.2) is 24.3 Å². The molecule has 1 fully saturated rings. The highest BCUT2D eigenvalue weighted by atomic mass is 19.1. The van der Waals surface area contributed by atoms with Gasteiger partial charge in [-0.05, 0) is 18.2 Å². The Labute approximate surface area is 109 Å². The molecule has 1 heterocycles. The van der Waals surface area contributed by atoms with Crippen LogP contribution in [0.5, 0.6) is 0 Å². The zero-order valence-electron chi connectivity index (χ0n) is 10.5. The van der Waals surface area contributed by atoms with E-state index in [4.69, 9.17) is 4.74 Å². The standard InChI is InChI=1S/C13H14FNO4/c1-18-13(17)11-8-19-6-5-15(11)12(16)9-3-2-4-10(14)7-9/h2-4,7,11H,5-6,8H2,1H3. The Morgan fingerprint density at radius 1 is 1.47 bits per heavy atom. The Balaban J connectivity index is 2.22. The number of hydrogen-bond donors (Lipinski definition) is 0. The quantitative estimate of drug-likeness (QED) is 0.745. The molecule has 1 saturated heterocycles. The van der Waals surface area contributed by atoms with Gasteiger partial charge in [-0.15, -0.1) is 0 Å². The zero-order chi connectivity index (χ0) is 13.8. The van der Waals surface area contributed by atoms with E-state index in [1.54, 1.807) is 0 Å². The Kier molecular flexibility index (Phi) is 4.11. The molecule has 1 aliphatic heterocycles. The van der Waals surface area contributed by atoms with Gasteiger partial charge in [0.1, 0.15) is 5.82 Å². The molecule has 0 bridgehead atoms. The Morgan fingerprint density at radius 3 is 2.95 bits per heavy atom. The summed E-state index contributed by atoms with van der Waals surface area (Å²) in [4.78, 5) is 25.2. The average Bonchev–Trinajstić information content (AvgIpc) is 2.45. The first-order valence-electron chi connectivity index (χ1n) is 5.85. The van der Waals surface area contributed by atoms with Crippen LogP contribution in [-0.4, -0.2) is 49.7 Å². The Bertz CT molecular complexity index is 491. The number of esters is 1. The first-order valence-corrected chi connectivity index (χ1v) is 5.85. The lowest BCUT2D eigenvalue weighted by Crippen LogP contribution is -2.53. The van der Waals surface area contributed by atoms with E-state index in [1.807, 2.05) is 0 Å². The van der Waals surface area contributed by atoms with E-state index in [0.29, 0.717) is 6.61 Å². The van der Waals surface area contributed by atoms with Crippen molar-refractivity contribution in [2.24, 2.45) is 0 Å². The van der Waals surface area contributed by atoms with Crippen LogP contribution in [0.1, 0.15) is 10.4 Å². The van der Waals surface area contributed by atoms with Crippen molar-refractivity contribution in [2.45, 2.75) is 6.04 Å². The summed E-state index contributed by atoms with van der Waals surface area (Å²) in [6, 6.07) is 4.58.